The smallest absolute Gasteiger partial charge is 0.200 e. The maximum absolute atomic E-state index is 11.6. The van der Waals surface area contributed by atoms with Gasteiger partial charge in [-0.3, -0.25) is 4.79 Å². The molecule has 0 amide bonds. The van der Waals surface area contributed by atoms with E-state index in [1.54, 1.807) is 0 Å². The fourth-order valence-corrected chi connectivity index (χ4v) is 3.56. The molecule has 1 aliphatic carbocycles. The fourth-order valence-electron chi connectivity index (χ4n) is 1.66. The predicted octanol–water partition coefficient (Wildman–Crippen LogP) is 3.05. The van der Waals surface area contributed by atoms with E-state index in [1.807, 2.05) is 6.08 Å². The van der Waals surface area contributed by atoms with E-state index in [-0.39, 0.29) is 29.1 Å². The molecule has 0 aromatic rings. The molecule has 0 radical (unpaired) electrons. The van der Waals surface area contributed by atoms with E-state index in [0.29, 0.717) is 0 Å². The number of ether oxygens (including phenoxy) is 1. The molecule has 0 aromatic heterocycles. The standard InChI is InChI=1S/C12H19IO3Si/c1-12(2,3)17(4,5)16-8-6-7(13)9(14)11-10(8)15-11/h6,8,10-11H,1-5H3/t8-,10+,11-/m1/s1. The van der Waals surface area contributed by atoms with Crippen molar-refractivity contribution in [1.29, 1.82) is 0 Å². The molecule has 1 saturated heterocycles. The molecule has 96 valence electrons. The van der Waals surface area contributed by atoms with Crippen LogP contribution in [0.2, 0.25) is 18.1 Å². The van der Waals surface area contributed by atoms with E-state index in [9.17, 15) is 4.79 Å². The van der Waals surface area contributed by atoms with Gasteiger partial charge in [0.15, 0.2) is 20.2 Å². The number of Topliss-reactive ketones (excluding diaryl/α,β-unsaturated/α-hetero) is 1. The summed E-state index contributed by atoms with van der Waals surface area (Å²) in [4.78, 5) is 11.6. The Morgan fingerprint density at radius 2 is 2.00 bits per heavy atom. The number of halogens is 1. The Hall–Kier alpha value is 0.277. The van der Waals surface area contributed by atoms with Gasteiger partial charge in [-0.2, -0.15) is 0 Å². The SMILES string of the molecule is CC(C)(C)[Si](C)(C)O[C@@H]1C=C(I)C(=O)[C@H]2O[C@H]21. The van der Waals surface area contributed by atoms with Crippen molar-refractivity contribution in [3.05, 3.63) is 9.66 Å². The molecule has 3 atom stereocenters. The molecule has 0 spiro atoms. The van der Waals surface area contributed by atoms with Crippen LogP contribution in [0.15, 0.2) is 9.66 Å². The maximum Gasteiger partial charge on any atom is 0.200 e. The van der Waals surface area contributed by atoms with Crippen LogP contribution in [0.4, 0.5) is 0 Å². The van der Waals surface area contributed by atoms with Crippen molar-refractivity contribution >= 4 is 36.7 Å². The van der Waals surface area contributed by atoms with Crippen LogP contribution in [-0.4, -0.2) is 32.4 Å². The molecule has 3 nitrogen and oxygen atoms in total. The Morgan fingerprint density at radius 3 is 2.53 bits per heavy atom. The quantitative estimate of drug-likeness (QED) is 0.428. The summed E-state index contributed by atoms with van der Waals surface area (Å²) in [5, 5.41) is 0.179. The first-order valence-corrected chi connectivity index (χ1v) is 9.87. The summed E-state index contributed by atoms with van der Waals surface area (Å²) >= 11 is 2.08. The normalized spacial score (nSPS) is 33.2. The summed E-state index contributed by atoms with van der Waals surface area (Å²) in [5.74, 6) is 0.116. The van der Waals surface area contributed by atoms with E-state index in [0.717, 1.165) is 3.58 Å². The summed E-state index contributed by atoms with van der Waals surface area (Å²) in [6, 6.07) is 0. The van der Waals surface area contributed by atoms with Crippen LogP contribution in [0.25, 0.3) is 0 Å². The average molecular weight is 366 g/mol. The summed E-state index contributed by atoms with van der Waals surface area (Å²) in [6.07, 6.45) is 1.62. The summed E-state index contributed by atoms with van der Waals surface area (Å²) < 4.78 is 12.5. The van der Waals surface area contributed by atoms with E-state index in [4.69, 9.17) is 9.16 Å². The molecule has 2 rings (SSSR count). The number of hydrogen-bond donors (Lipinski definition) is 0. The van der Waals surface area contributed by atoms with Crippen molar-refractivity contribution in [2.24, 2.45) is 0 Å². The van der Waals surface area contributed by atoms with Gasteiger partial charge in [-0.05, 0) is 46.8 Å². The molecule has 2 aliphatic rings. The average Bonchev–Trinajstić information content (AvgIpc) is 2.91. The Bertz CT molecular complexity index is 384. The first kappa shape index (κ1) is 13.7. The number of rotatable bonds is 2. The van der Waals surface area contributed by atoms with Gasteiger partial charge in [0.2, 0.25) is 0 Å². The molecule has 1 heterocycles. The second-order valence-electron chi connectivity index (χ2n) is 6.24. The van der Waals surface area contributed by atoms with Crippen LogP contribution in [0.3, 0.4) is 0 Å². The number of ketones is 1. The van der Waals surface area contributed by atoms with E-state index >= 15 is 0 Å². The van der Waals surface area contributed by atoms with Gasteiger partial charge >= 0.3 is 0 Å². The monoisotopic (exact) mass is 366 g/mol. The molecule has 0 aromatic carbocycles. The zero-order chi connectivity index (χ0) is 13.0. The summed E-state index contributed by atoms with van der Waals surface area (Å²) in [5.41, 5.74) is 0. The molecule has 0 bridgehead atoms. The minimum absolute atomic E-state index is 0.0323. The number of carbonyl (C=O) groups excluding carboxylic acids is 1. The zero-order valence-corrected chi connectivity index (χ0v) is 14.1. The highest BCUT2D eigenvalue weighted by molar-refractivity contribution is 14.1. The number of epoxide rings is 1. The lowest BCUT2D eigenvalue weighted by molar-refractivity contribution is -0.116. The van der Waals surface area contributed by atoms with Crippen LogP contribution >= 0.6 is 22.6 Å². The maximum atomic E-state index is 11.6. The highest BCUT2D eigenvalue weighted by atomic mass is 127. The highest BCUT2D eigenvalue weighted by Crippen LogP contribution is 2.43. The Morgan fingerprint density at radius 1 is 1.41 bits per heavy atom. The third-order valence-electron chi connectivity index (χ3n) is 3.89. The summed E-state index contributed by atoms with van der Waals surface area (Å²) in [6.45, 7) is 11.1. The number of fused-ring (bicyclic) bond motifs is 1. The van der Waals surface area contributed by atoms with Gasteiger partial charge in [0.1, 0.15) is 6.10 Å². The lowest BCUT2D eigenvalue weighted by atomic mass is 10.0. The van der Waals surface area contributed by atoms with Crippen molar-refractivity contribution in [1.82, 2.24) is 0 Å². The molecule has 0 N–H and O–H groups in total. The van der Waals surface area contributed by atoms with Crippen molar-refractivity contribution < 1.29 is 14.0 Å². The van der Waals surface area contributed by atoms with E-state index < -0.39 is 8.32 Å². The van der Waals surface area contributed by atoms with E-state index in [2.05, 4.69) is 56.5 Å². The molecule has 5 heteroatoms. The Kier molecular flexibility index (Phi) is 3.34. The molecule has 1 fully saturated rings. The predicted molar refractivity (Wildman–Crippen MR) is 77.8 cm³/mol. The Labute approximate surface area is 117 Å². The van der Waals surface area contributed by atoms with Crippen LogP contribution in [0, 0.1) is 0 Å². The third-order valence-corrected chi connectivity index (χ3v) is 9.26. The van der Waals surface area contributed by atoms with Crippen LogP contribution in [-0.2, 0) is 14.0 Å². The lowest BCUT2D eigenvalue weighted by Crippen LogP contribution is -2.46. The first-order valence-electron chi connectivity index (χ1n) is 5.88. The topological polar surface area (TPSA) is 38.8 Å². The number of hydrogen-bond acceptors (Lipinski definition) is 3. The van der Waals surface area contributed by atoms with Crippen LogP contribution in [0.5, 0.6) is 0 Å². The first-order chi connectivity index (χ1) is 7.63. The van der Waals surface area contributed by atoms with Crippen molar-refractivity contribution in [3.63, 3.8) is 0 Å². The lowest BCUT2D eigenvalue weighted by Gasteiger charge is -2.38. The van der Waals surface area contributed by atoms with Crippen molar-refractivity contribution in [3.8, 4) is 0 Å². The molecule has 0 unspecified atom stereocenters. The molecular weight excluding hydrogens is 347 g/mol. The minimum atomic E-state index is -1.80. The van der Waals surface area contributed by atoms with Crippen LogP contribution < -0.4 is 0 Å². The zero-order valence-electron chi connectivity index (χ0n) is 10.9. The summed E-state index contributed by atoms with van der Waals surface area (Å²) in [7, 11) is -1.80. The largest absolute Gasteiger partial charge is 0.408 e. The van der Waals surface area contributed by atoms with Crippen molar-refractivity contribution in [2.45, 2.75) is 57.2 Å². The van der Waals surface area contributed by atoms with Gasteiger partial charge in [0.25, 0.3) is 0 Å². The second kappa shape index (κ2) is 4.14. The van der Waals surface area contributed by atoms with Crippen LogP contribution in [0.1, 0.15) is 20.8 Å². The number of carbonyl (C=O) groups is 1. The second-order valence-corrected chi connectivity index (χ2v) is 12.2. The molecular formula is C12H19IO3Si. The van der Waals surface area contributed by atoms with Gasteiger partial charge in [-0.1, -0.05) is 20.8 Å². The molecule has 17 heavy (non-hydrogen) atoms. The van der Waals surface area contributed by atoms with Gasteiger partial charge < -0.3 is 9.16 Å². The van der Waals surface area contributed by atoms with Gasteiger partial charge in [-0.15, -0.1) is 0 Å². The minimum Gasteiger partial charge on any atom is -0.408 e. The highest BCUT2D eigenvalue weighted by Gasteiger charge is 2.55. The molecule has 0 saturated carbocycles. The third kappa shape index (κ3) is 2.52. The fraction of sp³-hybridized carbons (Fsp3) is 0.750. The van der Waals surface area contributed by atoms with Gasteiger partial charge in [0.05, 0.1) is 9.68 Å². The molecule has 1 aliphatic heterocycles. The van der Waals surface area contributed by atoms with Gasteiger partial charge in [0, 0.05) is 0 Å². The van der Waals surface area contributed by atoms with Gasteiger partial charge in [-0.25, -0.2) is 0 Å². The van der Waals surface area contributed by atoms with E-state index in [1.165, 1.54) is 0 Å². The van der Waals surface area contributed by atoms with Crippen molar-refractivity contribution in [2.75, 3.05) is 0 Å². The Balaban J connectivity index is 2.13.